The zero-order chi connectivity index (χ0) is 32.5. The molecule has 2 saturated carbocycles. The van der Waals surface area contributed by atoms with Crippen LogP contribution in [0.25, 0.3) is 5.76 Å². The molecular weight excluding hydrogens is 536 g/mol. The van der Waals surface area contributed by atoms with Gasteiger partial charge >= 0.3 is 0 Å². The predicted molar refractivity (Wildman–Crippen MR) is 174 cm³/mol. The predicted octanol–water partition coefficient (Wildman–Crippen LogP) is 9.05. The highest BCUT2D eigenvalue weighted by atomic mass is 16.3. The van der Waals surface area contributed by atoms with Gasteiger partial charge in [-0.2, -0.15) is 0 Å². The van der Waals surface area contributed by atoms with Crippen LogP contribution in [0.2, 0.25) is 0 Å². The molecule has 1 unspecified atom stereocenters. The number of aliphatic hydroxyl groups is 1. The number of benzene rings is 1. The molecule has 0 radical (unpaired) electrons. The molecule has 2 bridgehead atoms. The minimum absolute atomic E-state index is 0.100. The summed E-state index contributed by atoms with van der Waals surface area (Å²) in [4.78, 5) is 44.9. The smallest absolute Gasteiger partial charge is 0.184 e. The molecule has 1 aromatic rings. The van der Waals surface area contributed by atoms with Crippen LogP contribution in [-0.2, 0) is 14.4 Å². The second-order valence-electron chi connectivity index (χ2n) is 14.1. The van der Waals surface area contributed by atoms with Crippen molar-refractivity contribution in [3.8, 4) is 5.75 Å². The third-order valence-electron chi connectivity index (χ3n) is 9.90. The minimum Gasteiger partial charge on any atom is -0.508 e. The molecule has 0 heterocycles. The number of ketones is 3. The van der Waals surface area contributed by atoms with Crippen LogP contribution >= 0.6 is 0 Å². The molecule has 5 heteroatoms. The molecule has 0 saturated heterocycles. The van der Waals surface area contributed by atoms with Gasteiger partial charge in [-0.15, -0.1) is 0 Å². The van der Waals surface area contributed by atoms with Crippen LogP contribution in [0, 0.1) is 28.1 Å². The summed E-state index contributed by atoms with van der Waals surface area (Å²) in [6.45, 7) is 22.1. The Morgan fingerprint density at radius 2 is 1.56 bits per heavy atom. The molecule has 2 fully saturated rings. The van der Waals surface area contributed by atoms with E-state index in [1.54, 1.807) is 12.1 Å². The Kier molecular flexibility index (Phi) is 10.0. The fraction of sp³-hybridized carbons (Fsp3) is 0.500. The number of Topliss-reactive ketones (excluding diaryl/α,β-unsaturated/α-hetero) is 3. The number of hydrogen-bond acceptors (Lipinski definition) is 5. The van der Waals surface area contributed by atoms with E-state index in [2.05, 4.69) is 18.7 Å². The highest BCUT2D eigenvalue weighted by molar-refractivity contribution is 6.41. The number of hydrogen-bond donors (Lipinski definition) is 2. The normalized spacial score (nSPS) is 26.3. The van der Waals surface area contributed by atoms with Gasteiger partial charge in [-0.05, 0) is 110 Å². The average Bonchev–Trinajstić information content (AvgIpc) is 2.90. The van der Waals surface area contributed by atoms with Gasteiger partial charge in [0.15, 0.2) is 17.3 Å². The summed E-state index contributed by atoms with van der Waals surface area (Å²) >= 11 is 0. The van der Waals surface area contributed by atoms with Crippen molar-refractivity contribution in [1.29, 1.82) is 0 Å². The van der Waals surface area contributed by atoms with Gasteiger partial charge in [-0.25, -0.2) is 0 Å². The average molecular weight is 587 g/mol. The summed E-state index contributed by atoms with van der Waals surface area (Å²) in [7, 11) is 0. The number of phenols is 1. The first-order valence-electron chi connectivity index (χ1n) is 15.3. The van der Waals surface area contributed by atoms with Crippen molar-refractivity contribution in [2.45, 2.75) is 94.4 Å². The fourth-order valence-electron chi connectivity index (χ4n) is 7.07. The molecule has 2 aliphatic rings. The minimum atomic E-state index is -1.56. The second kappa shape index (κ2) is 12.6. The Labute approximate surface area is 258 Å². The largest absolute Gasteiger partial charge is 0.508 e. The van der Waals surface area contributed by atoms with E-state index in [1.807, 2.05) is 68.4 Å². The summed E-state index contributed by atoms with van der Waals surface area (Å²) in [6, 6.07) is 5.90. The van der Waals surface area contributed by atoms with Crippen LogP contribution in [0.1, 0.15) is 100.0 Å². The molecule has 3 rings (SSSR count). The van der Waals surface area contributed by atoms with Crippen molar-refractivity contribution in [2.75, 3.05) is 0 Å². The lowest BCUT2D eigenvalue weighted by Gasteiger charge is -2.60. The molecule has 0 spiro atoms. The van der Waals surface area contributed by atoms with E-state index in [0.717, 1.165) is 22.3 Å². The molecule has 0 aliphatic heterocycles. The van der Waals surface area contributed by atoms with Crippen molar-refractivity contribution in [2.24, 2.45) is 28.1 Å². The van der Waals surface area contributed by atoms with Crippen molar-refractivity contribution in [3.05, 3.63) is 82.5 Å². The fourth-order valence-corrected chi connectivity index (χ4v) is 7.07. The molecule has 0 aromatic heterocycles. The van der Waals surface area contributed by atoms with Gasteiger partial charge in [0.05, 0.1) is 5.41 Å². The maximum absolute atomic E-state index is 15.2. The monoisotopic (exact) mass is 586 g/mol. The molecule has 4 atom stereocenters. The van der Waals surface area contributed by atoms with Gasteiger partial charge < -0.3 is 10.2 Å². The molecule has 43 heavy (non-hydrogen) atoms. The van der Waals surface area contributed by atoms with Crippen LogP contribution in [0.3, 0.4) is 0 Å². The first-order valence-corrected chi connectivity index (χ1v) is 15.3. The Bertz CT molecular complexity index is 1440. The molecule has 0 amide bonds. The highest BCUT2D eigenvalue weighted by Crippen LogP contribution is 2.66. The summed E-state index contributed by atoms with van der Waals surface area (Å²) in [5.74, 6) is -2.47. The van der Waals surface area contributed by atoms with E-state index in [1.165, 1.54) is 12.1 Å². The number of rotatable bonds is 10. The van der Waals surface area contributed by atoms with E-state index in [9.17, 15) is 19.8 Å². The Balaban J connectivity index is 2.46. The zero-order valence-corrected chi connectivity index (χ0v) is 27.6. The van der Waals surface area contributed by atoms with Gasteiger partial charge in [0, 0.05) is 5.56 Å². The Morgan fingerprint density at radius 3 is 2.09 bits per heavy atom. The number of fused-ring (bicyclic) bond motifs is 2. The number of aromatic hydroxyl groups is 1. The molecule has 232 valence electrons. The zero-order valence-electron chi connectivity index (χ0n) is 27.6. The third kappa shape index (κ3) is 6.14. The number of carbonyl (C=O) groups is 3. The molecule has 1 aromatic carbocycles. The molecule has 2 aliphatic carbocycles. The van der Waals surface area contributed by atoms with Crippen LogP contribution in [-0.4, -0.2) is 27.6 Å². The van der Waals surface area contributed by atoms with E-state index in [4.69, 9.17) is 0 Å². The summed E-state index contributed by atoms with van der Waals surface area (Å²) < 4.78 is 0. The third-order valence-corrected chi connectivity index (χ3v) is 9.90. The SMILES string of the molecule is C=C(C)C(CC=C(C)C)C[C@@]12C[C@@H](CC=C(C)C)C(C)(C)[C@@](CC=C(C)C)(C(=O)C(=C(O)c3cccc(O)c3)C1=O)C2=O. The van der Waals surface area contributed by atoms with Crippen molar-refractivity contribution >= 4 is 23.1 Å². The van der Waals surface area contributed by atoms with Crippen LogP contribution in [0.15, 0.2) is 76.9 Å². The molecule has 2 N–H and O–H groups in total. The lowest BCUT2D eigenvalue weighted by Crippen LogP contribution is -2.69. The van der Waals surface area contributed by atoms with Crippen LogP contribution in [0.4, 0.5) is 0 Å². The quantitative estimate of drug-likeness (QED) is 0.0938. The van der Waals surface area contributed by atoms with E-state index >= 15 is 4.79 Å². The number of aliphatic hydroxyl groups excluding tert-OH is 1. The van der Waals surface area contributed by atoms with Gasteiger partial charge in [-0.3, -0.25) is 14.4 Å². The van der Waals surface area contributed by atoms with Crippen molar-refractivity contribution < 1.29 is 24.6 Å². The second-order valence-corrected chi connectivity index (χ2v) is 14.1. The topological polar surface area (TPSA) is 91.7 Å². The van der Waals surface area contributed by atoms with Gasteiger partial charge in [0.25, 0.3) is 0 Å². The number of allylic oxidation sites excluding steroid dienone is 8. The van der Waals surface area contributed by atoms with Crippen LogP contribution < -0.4 is 0 Å². The first kappa shape index (κ1) is 34.0. The highest BCUT2D eigenvalue weighted by Gasteiger charge is 2.74. The lowest BCUT2D eigenvalue weighted by molar-refractivity contribution is -0.177. The number of phenolic OH excluding ortho intramolecular Hbond substituents is 1. The van der Waals surface area contributed by atoms with Gasteiger partial charge in [0.2, 0.25) is 0 Å². The molecular formula is C38H50O5. The van der Waals surface area contributed by atoms with Gasteiger partial charge in [0.1, 0.15) is 22.5 Å². The standard InChI is InChI=1S/C38H50O5/c1-23(2)14-16-28(26(7)8)21-37-22-29(17-15-24(3)4)36(9,10)38(35(37)43,19-18-25(5)6)34(42)31(33(37)41)32(40)27-12-11-13-30(39)20-27/h11-15,18,20,28-29,39-40H,7,16-17,19,21-22H2,1-6,8-10H3/t28?,29-,37-,38+/m1/s1. The van der Waals surface area contributed by atoms with Crippen LogP contribution in [0.5, 0.6) is 5.75 Å². The molecule has 5 nitrogen and oxygen atoms in total. The van der Waals surface area contributed by atoms with E-state index < -0.39 is 33.6 Å². The lowest BCUT2D eigenvalue weighted by atomic mass is 9.38. The van der Waals surface area contributed by atoms with Crippen molar-refractivity contribution in [3.63, 3.8) is 0 Å². The Morgan fingerprint density at radius 1 is 0.953 bits per heavy atom. The number of carbonyl (C=O) groups excluding carboxylic acids is 3. The summed E-state index contributed by atoms with van der Waals surface area (Å²) in [5, 5.41) is 21.8. The summed E-state index contributed by atoms with van der Waals surface area (Å²) in [5.41, 5.74) is 0.0240. The van der Waals surface area contributed by atoms with E-state index in [-0.39, 0.29) is 53.8 Å². The van der Waals surface area contributed by atoms with Crippen molar-refractivity contribution in [1.82, 2.24) is 0 Å². The maximum atomic E-state index is 15.2. The van der Waals surface area contributed by atoms with E-state index in [0.29, 0.717) is 12.8 Å². The first-order chi connectivity index (χ1) is 19.9. The van der Waals surface area contributed by atoms with Gasteiger partial charge in [-0.1, -0.05) is 73.1 Å². The maximum Gasteiger partial charge on any atom is 0.184 e. The Hall–Kier alpha value is -3.47. The summed E-state index contributed by atoms with van der Waals surface area (Å²) in [6.07, 6.45) is 8.04.